The van der Waals surface area contributed by atoms with Gasteiger partial charge < -0.3 is 15.1 Å². The van der Waals surface area contributed by atoms with Gasteiger partial charge in [0.05, 0.1) is 10.5 Å². The molecule has 3 saturated carbocycles. The Morgan fingerprint density at radius 2 is 1.93 bits per heavy atom. The van der Waals surface area contributed by atoms with Gasteiger partial charge in [0.15, 0.2) is 5.69 Å². The average Bonchev–Trinajstić information content (AvgIpc) is 3.67. The zero-order chi connectivity index (χ0) is 20.6. The second-order valence-corrected chi connectivity index (χ2v) is 9.73. The molecule has 6 rings (SSSR count). The molecule has 0 aromatic carbocycles. The smallest absolute Gasteiger partial charge is 0.276 e. The second-order valence-electron chi connectivity index (χ2n) is 9.35. The van der Waals surface area contributed by atoms with E-state index in [1.807, 2.05) is 18.0 Å². The Labute approximate surface area is 180 Å². The zero-order valence-corrected chi connectivity index (χ0v) is 17.9. The molecular weight excluding hydrogens is 402 g/mol. The molecule has 2 aromatic rings. The van der Waals surface area contributed by atoms with Crippen molar-refractivity contribution in [3.8, 4) is 0 Å². The first kappa shape index (κ1) is 18.5. The van der Waals surface area contributed by atoms with E-state index in [0.717, 1.165) is 36.0 Å². The van der Waals surface area contributed by atoms with Gasteiger partial charge in [-0.3, -0.25) is 9.59 Å². The fourth-order valence-electron chi connectivity index (χ4n) is 5.44. The van der Waals surface area contributed by atoms with Gasteiger partial charge in [-0.1, -0.05) is 11.6 Å². The summed E-state index contributed by atoms with van der Waals surface area (Å²) in [5.41, 5.74) is 2.19. The lowest BCUT2D eigenvalue weighted by Gasteiger charge is -2.38. The SMILES string of the molecule is CNc1cc(C2CC2)cc2c(Cl)c(C(=O)N3CCN(C4CC5CC5C4)C(=O)C3)nn12. The summed E-state index contributed by atoms with van der Waals surface area (Å²) in [5, 5.41) is 8.05. The largest absolute Gasteiger partial charge is 0.373 e. The van der Waals surface area contributed by atoms with E-state index in [2.05, 4.69) is 16.5 Å². The van der Waals surface area contributed by atoms with Crippen molar-refractivity contribution < 1.29 is 9.59 Å². The lowest BCUT2D eigenvalue weighted by molar-refractivity contribution is -0.137. The van der Waals surface area contributed by atoms with Crippen molar-refractivity contribution in [3.05, 3.63) is 28.4 Å². The highest BCUT2D eigenvalue weighted by Gasteiger charge is 2.49. The number of halogens is 1. The van der Waals surface area contributed by atoms with Crippen LogP contribution >= 0.6 is 11.6 Å². The van der Waals surface area contributed by atoms with E-state index in [1.54, 1.807) is 9.42 Å². The summed E-state index contributed by atoms with van der Waals surface area (Å²) in [7, 11) is 1.84. The fraction of sp³-hybridized carbons (Fsp3) is 0.591. The van der Waals surface area contributed by atoms with Crippen LogP contribution in [0.2, 0.25) is 5.02 Å². The number of carbonyl (C=O) groups is 2. The molecular formula is C22H26ClN5O2. The van der Waals surface area contributed by atoms with Crippen molar-refractivity contribution in [2.24, 2.45) is 11.8 Å². The monoisotopic (exact) mass is 427 g/mol. The average molecular weight is 428 g/mol. The van der Waals surface area contributed by atoms with Crippen LogP contribution in [0.5, 0.6) is 0 Å². The molecule has 1 saturated heterocycles. The Bertz CT molecular complexity index is 1050. The Kier molecular flexibility index (Phi) is 4.07. The van der Waals surface area contributed by atoms with E-state index in [-0.39, 0.29) is 24.1 Å². The molecule has 1 N–H and O–H groups in total. The van der Waals surface area contributed by atoms with Crippen molar-refractivity contribution in [2.75, 3.05) is 32.0 Å². The molecule has 2 atom stereocenters. The standard InChI is InChI=1S/C22H26ClN5O2/c1-24-18-10-15(12-2-3-12)9-17-20(23)21(25-28(17)18)22(30)26-4-5-27(19(29)11-26)16-7-13-6-14(13)8-16/h9-10,12-14,16,24H,2-8,11H2,1H3. The van der Waals surface area contributed by atoms with Gasteiger partial charge in [-0.15, -0.1) is 0 Å². The van der Waals surface area contributed by atoms with E-state index in [9.17, 15) is 9.59 Å². The molecule has 0 radical (unpaired) electrons. The van der Waals surface area contributed by atoms with Crippen LogP contribution in [-0.4, -0.2) is 64.0 Å². The Hall–Kier alpha value is -2.28. The molecule has 0 spiro atoms. The minimum absolute atomic E-state index is 0.0488. The van der Waals surface area contributed by atoms with Gasteiger partial charge in [-0.25, -0.2) is 4.52 Å². The predicted molar refractivity (Wildman–Crippen MR) is 114 cm³/mol. The van der Waals surface area contributed by atoms with E-state index in [1.165, 1.54) is 24.8 Å². The number of pyridine rings is 1. The highest BCUT2D eigenvalue weighted by Crippen LogP contribution is 2.53. The van der Waals surface area contributed by atoms with Crippen LogP contribution in [0.4, 0.5) is 5.82 Å². The van der Waals surface area contributed by atoms with Crippen molar-refractivity contribution >= 4 is 34.7 Å². The fourth-order valence-corrected chi connectivity index (χ4v) is 5.69. The Balaban J connectivity index is 1.24. The summed E-state index contributed by atoms with van der Waals surface area (Å²) in [5.74, 6) is 2.84. The number of carbonyl (C=O) groups excluding carboxylic acids is 2. The molecule has 1 aliphatic heterocycles. The first-order valence-electron chi connectivity index (χ1n) is 11.0. The van der Waals surface area contributed by atoms with E-state index < -0.39 is 0 Å². The van der Waals surface area contributed by atoms with Gasteiger partial charge in [0, 0.05) is 26.2 Å². The summed E-state index contributed by atoms with van der Waals surface area (Å²) in [4.78, 5) is 29.6. The molecule has 2 aromatic heterocycles. The van der Waals surface area contributed by atoms with Crippen molar-refractivity contribution in [2.45, 2.75) is 44.1 Å². The number of hydrogen-bond donors (Lipinski definition) is 1. The van der Waals surface area contributed by atoms with Gasteiger partial charge in [0.25, 0.3) is 5.91 Å². The number of hydrogen-bond acceptors (Lipinski definition) is 4. The minimum atomic E-state index is -0.263. The van der Waals surface area contributed by atoms with Crippen LogP contribution in [0.1, 0.15) is 54.1 Å². The molecule has 7 nitrogen and oxygen atoms in total. The number of amides is 2. The molecule has 30 heavy (non-hydrogen) atoms. The molecule has 8 heteroatoms. The van der Waals surface area contributed by atoms with Crippen LogP contribution < -0.4 is 5.32 Å². The van der Waals surface area contributed by atoms with Gasteiger partial charge in [-0.2, -0.15) is 5.10 Å². The number of anilines is 1. The quantitative estimate of drug-likeness (QED) is 0.814. The minimum Gasteiger partial charge on any atom is -0.373 e. The van der Waals surface area contributed by atoms with Crippen molar-refractivity contribution in [3.63, 3.8) is 0 Å². The maximum Gasteiger partial charge on any atom is 0.276 e. The molecule has 2 amide bonds. The topological polar surface area (TPSA) is 70.0 Å². The molecule has 3 heterocycles. The normalized spacial score (nSPS) is 28.2. The number of nitrogens with one attached hydrogen (secondary N) is 1. The van der Waals surface area contributed by atoms with E-state index in [4.69, 9.17) is 11.6 Å². The van der Waals surface area contributed by atoms with Crippen LogP contribution in [-0.2, 0) is 4.79 Å². The van der Waals surface area contributed by atoms with Gasteiger partial charge in [0.1, 0.15) is 12.4 Å². The third kappa shape index (κ3) is 2.89. The molecule has 158 valence electrons. The third-order valence-electron chi connectivity index (χ3n) is 7.41. The predicted octanol–water partition coefficient (Wildman–Crippen LogP) is 2.99. The van der Waals surface area contributed by atoms with Crippen LogP contribution in [0.3, 0.4) is 0 Å². The van der Waals surface area contributed by atoms with Crippen LogP contribution in [0, 0.1) is 11.8 Å². The third-order valence-corrected chi connectivity index (χ3v) is 7.78. The summed E-state index contributed by atoms with van der Waals surface area (Å²) in [6, 6.07) is 4.49. The van der Waals surface area contributed by atoms with Crippen molar-refractivity contribution in [1.82, 2.24) is 19.4 Å². The Morgan fingerprint density at radius 1 is 1.17 bits per heavy atom. The van der Waals surface area contributed by atoms with E-state index in [0.29, 0.717) is 30.1 Å². The molecule has 0 bridgehead atoms. The molecule has 4 fully saturated rings. The van der Waals surface area contributed by atoms with Crippen molar-refractivity contribution in [1.29, 1.82) is 0 Å². The number of aromatic nitrogens is 2. The van der Waals surface area contributed by atoms with Crippen LogP contribution in [0.25, 0.3) is 5.52 Å². The molecule has 4 aliphatic rings. The summed E-state index contributed by atoms with van der Waals surface area (Å²) < 4.78 is 1.70. The van der Waals surface area contributed by atoms with Gasteiger partial charge in [0.2, 0.25) is 5.91 Å². The summed E-state index contributed by atoms with van der Waals surface area (Å²) in [6.07, 6.45) is 5.99. The first-order valence-corrected chi connectivity index (χ1v) is 11.4. The number of nitrogens with zero attached hydrogens (tertiary/aromatic N) is 4. The summed E-state index contributed by atoms with van der Waals surface area (Å²) in [6.45, 7) is 1.25. The first-order chi connectivity index (χ1) is 14.5. The number of piperazine rings is 1. The number of fused-ring (bicyclic) bond motifs is 2. The maximum absolute atomic E-state index is 13.2. The van der Waals surface area contributed by atoms with Gasteiger partial charge >= 0.3 is 0 Å². The second kappa shape index (κ2) is 6.61. The highest BCUT2D eigenvalue weighted by atomic mass is 35.5. The zero-order valence-electron chi connectivity index (χ0n) is 17.1. The summed E-state index contributed by atoms with van der Waals surface area (Å²) >= 11 is 6.63. The maximum atomic E-state index is 13.2. The highest BCUT2D eigenvalue weighted by molar-refractivity contribution is 6.37. The molecule has 2 unspecified atom stereocenters. The van der Waals surface area contributed by atoms with Crippen LogP contribution in [0.15, 0.2) is 12.1 Å². The number of rotatable bonds is 4. The Morgan fingerprint density at radius 3 is 2.60 bits per heavy atom. The lowest BCUT2D eigenvalue weighted by Crippen LogP contribution is -2.55. The van der Waals surface area contributed by atoms with Gasteiger partial charge in [-0.05, 0) is 67.6 Å². The lowest BCUT2D eigenvalue weighted by atomic mass is 10.1. The van der Waals surface area contributed by atoms with E-state index >= 15 is 0 Å². The molecule has 3 aliphatic carbocycles.